The van der Waals surface area contributed by atoms with E-state index in [1.165, 1.54) is 5.57 Å². The molecule has 4 fully saturated rings. The molecular weight excluding hydrogens is 404 g/mol. The minimum Gasteiger partial charge on any atom is -0.450 e. The van der Waals surface area contributed by atoms with Crippen LogP contribution in [0.5, 0.6) is 0 Å². The quantitative estimate of drug-likeness (QED) is 0.472. The van der Waals surface area contributed by atoms with Crippen LogP contribution >= 0.6 is 0 Å². The molecule has 0 aromatic heterocycles. The van der Waals surface area contributed by atoms with Gasteiger partial charge in [-0.25, -0.2) is 0 Å². The largest absolute Gasteiger partial charge is 0.450 e. The molecule has 0 bridgehead atoms. The van der Waals surface area contributed by atoms with Crippen molar-refractivity contribution in [3.8, 4) is 0 Å². The maximum atomic E-state index is 13.3. The minimum absolute atomic E-state index is 0.00130. The standard InChI is InChI=1S/C27H36O5/c1-7-8-23(30)32-26(17(4)28)16(3)12-20-21-11-15(2)19-13-18(29)9-10-24(19,5)27(21)22(31-27)14-25(20,26)6/h9-10,13,15-16,20-22H,7-8,11-12,14H2,1-6H3/t15?,16?,20-,21-,22?,24-,25-,26-,27-/m0/s1. The van der Waals surface area contributed by atoms with Crippen molar-refractivity contribution in [1.29, 1.82) is 0 Å². The third-order valence-corrected chi connectivity index (χ3v) is 10.1. The Morgan fingerprint density at radius 3 is 2.56 bits per heavy atom. The minimum atomic E-state index is -1.10. The van der Waals surface area contributed by atoms with Crippen LogP contribution in [0.25, 0.3) is 0 Å². The lowest BCUT2D eigenvalue weighted by atomic mass is 9.45. The second-order valence-electron chi connectivity index (χ2n) is 11.6. The number of ketones is 2. The van der Waals surface area contributed by atoms with Crippen LogP contribution in [0.2, 0.25) is 0 Å². The highest BCUT2D eigenvalue weighted by Gasteiger charge is 2.83. The zero-order valence-corrected chi connectivity index (χ0v) is 20.2. The van der Waals surface area contributed by atoms with Crippen LogP contribution in [0.1, 0.15) is 73.6 Å². The average Bonchev–Trinajstić information content (AvgIpc) is 3.39. The normalized spacial score (nSPS) is 50.5. The molecule has 32 heavy (non-hydrogen) atoms. The number of hydrogen-bond donors (Lipinski definition) is 0. The van der Waals surface area contributed by atoms with Gasteiger partial charge in [-0.2, -0.15) is 0 Å². The van der Waals surface area contributed by atoms with E-state index in [2.05, 4.69) is 33.8 Å². The fourth-order valence-electron chi connectivity index (χ4n) is 8.83. The Kier molecular flexibility index (Phi) is 4.58. The number of hydrogen-bond acceptors (Lipinski definition) is 5. The van der Waals surface area contributed by atoms with Gasteiger partial charge in [0.1, 0.15) is 5.60 Å². The van der Waals surface area contributed by atoms with Crippen molar-refractivity contribution in [2.75, 3.05) is 0 Å². The maximum absolute atomic E-state index is 13.3. The van der Waals surface area contributed by atoms with Gasteiger partial charge in [0, 0.05) is 23.2 Å². The van der Waals surface area contributed by atoms with Gasteiger partial charge in [0.25, 0.3) is 0 Å². The molecule has 3 saturated carbocycles. The number of carbonyl (C=O) groups excluding carboxylic acids is 3. The molecule has 1 aliphatic heterocycles. The third-order valence-electron chi connectivity index (χ3n) is 10.1. The lowest BCUT2D eigenvalue weighted by Crippen LogP contribution is -2.63. The van der Waals surface area contributed by atoms with Gasteiger partial charge in [-0.3, -0.25) is 14.4 Å². The van der Waals surface area contributed by atoms with Crippen molar-refractivity contribution in [2.24, 2.45) is 34.5 Å². The predicted octanol–water partition coefficient (Wildman–Crippen LogP) is 4.59. The van der Waals surface area contributed by atoms with E-state index in [1.807, 2.05) is 13.0 Å². The zero-order chi connectivity index (χ0) is 23.3. The predicted molar refractivity (Wildman–Crippen MR) is 120 cm³/mol. The first-order valence-electron chi connectivity index (χ1n) is 12.3. The van der Waals surface area contributed by atoms with Crippen molar-refractivity contribution in [2.45, 2.75) is 91.0 Å². The summed E-state index contributed by atoms with van der Waals surface area (Å²) in [4.78, 5) is 38.2. The first-order chi connectivity index (χ1) is 15.0. The van der Waals surface area contributed by atoms with Crippen molar-refractivity contribution in [1.82, 2.24) is 0 Å². The van der Waals surface area contributed by atoms with Gasteiger partial charge in [-0.1, -0.05) is 39.3 Å². The molecule has 1 spiro atoms. The number of fused-ring (bicyclic) bond motifs is 3. The highest BCUT2D eigenvalue weighted by molar-refractivity contribution is 6.01. The van der Waals surface area contributed by atoms with E-state index in [4.69, 9.17) is 9.47 Å². The monoisotopic (exact) mass is 440 g/mol. The Morgan fingerprint density at radius 2 is 1.91 bits per heavy atom. The first kappa shape index (κ1) is 22.1. The van der Waals surface area contributed by atoms with Crippen LogP contribution in [-0.4, -0.2) is 34.8 Å². The molecule has 0 radical (unpaired) electrons. The van der Waals surface area contributed by atoms with Crippen LogP contribution in [-0.2, 0) is 23.9 Å². The maximum Gasteiger partial charge on any atom is 0.306 e. The summed E-state index contributed by atoms with van der Waals surface area (Å²) in [7, 11) is 0. The molecule has 5 heteroatoms. The second-order valence-corrected chi connectivity index (χ2v) is 11.6. The Hall–Kier alpha value is -1.75. The zero-order valence-electron chi connectivity index (χ0n) is 20.2. The molecular formula is C27H36O5. The Morgan fingerprint density at radius 1 is 1.19 bits per heavy atom. The molecule has 0 aromatic carbocycles. The van der Waals surface area contributed by atoms with E-state index in [9.17, 15) is 14.4 Å². The van der Waals surface area contributed by atoms with E-state index in [0.717, 1.165) is 12.8 Å². The van der Waals surface area contributed by atoms with Gasteiger partial charge in [0.2, 0.25) is 0 Å². The lowest BCUT2D eigenvalue weighted by Gasteiger charge is -2.57. The number of epoxide rings is 1. The number of rotatable bonds is 4. The highest BCUT2D eigenvalue weighted by Crippen LogP contribution is 2.77. The van der Waals surface area contributed by atoms with Crippen molar-refractivity contribution in [3.63, 3.8) is 0 Å². The van der Waals surface area contributed by atoms with Crippen molar-refractivity contribution in [3.05, 3.63) is 23.8 Å². The molecule has 0 aromatic rings. The molecule has 5 nitrogen and oxygen atoms in total. The highest BCUT2D eigenvalue weighted by atomic mass is 16.6. The number of carbonyl (C=O) groups is 3. The van der Waals surface area contributed by atoms with Gasteiger partial charge >= 0.3 is 5.97 Å². The Balaban J connectivity index is 1.60. The molecule has 9 atom stereocenters. The van der Waals surface area contributed by atoms with Crippen LogP contribution < -0.4 is 0 Å². The first-order valence-corrected chi connectivity index (χ1v) is 12.3. The Labute approximate surface area is 191 Å². The SMILES string of the molecule is CCCC(=O)O[C@]1(C(C)=O)C(C)C[C@H]2[C@@H]3CC(C)C4=CC(=O)C=C[C@]4(C)[C@]34OC4C[C@@]21C. The van der Waals surface area contributed by atoms with Crippen molar-refractivity contribution < 1.29 is 23.9 Å². The number of allylic oxidation sites excluding steroid dienone is 2. The molecule has 5 aliphatic rings. The van der Waals surface area contributed by atoms with E-state index in [-0.39, 0.29) is 58.3 Å². The summed E-state index contributed by atoms with van der Waals surface area (Å²) in [5.74, 6) is 0.469. The van der Waals surface area contributed by atoms with Gasteiger partial charge in [0.15, 0.2) is 17.2 Å². The topological polar surface area (TPSA) is 73.0 Å². The van der Waals surface area contributed by atoms with E-state index in [0.29, 0.717) is 19.3 Å². The molecule has 1 heterocycles. The second kappa shape index (κ2) is 6.65. The molecule has 5 rings (SSSR count). The van der Waals surface area contributed by atoms with Crippen LogP contribution in [0.15, 0.2) is 23.8 Å². The van der Waals surface area contributed by atoms with Crippen LogP contribution in [0.4, 0.5) is 0 Å². The number of ether oxygens (including phenoxy) is 2. The molecule has 1 saturated heterocycles. The number of Topliss-reactive ketones (excluding diaryl/α,β-unsaturated/α-hetero) is 1. The van der Waals surface area contributed by atoms with Gasteiger partial charge in [0.05, 0.1) is 6.10 Å². The van der Waals surface area contributed by atoms with E-state index < -0.39 is 11.0 Å². The van der Waals surface area contributed by atoms with E-state index in [1.54, 1.807) is 13.0 Å². The van der Waals surface area contributed by atoms with E-state index >= 15 is 0 Å². The Bertz CT molecular complexity index is 963. The van der Waals surface area contributed by atoms with Gasteiger partial charge in [-0.05, 0) is 69.4 Å². The van der Waals surface area contributed by atoms with Crippen LogP contribution in [0, 0.1) is 34.5 Å². The smallest absolute Gasteiger partial charge is 0.306 e. The van der Waals surface area contributed by atoms with Crippen molar-refractivity contribution >= 4 is 17.5 Å². The summed E-state index contributed by atoms with van der Waals surface area (Å²) < 4.78 is 12.8. The molecule has 0 N–H and O–H groups in total. The van der Waals surface area contributed by atoms with Gasteiger partial charge in [-0.15, -0.1) is 0 Å². The summed E-state index contributed by atoms with van der Waals surface area (Å²) in [6.45, 7) is 12.2. The fourth-order valence-corrected chi connectivity index (χ4v) is 8.83. The summed E-state index contributed by atoms with van der Waals surface area (Å²) in [6, 6.07) is 0. The lowest BCUT2D eigenvalue weighted by molar-refractivity contribution is -0.191. The fraction of sp³-hybridized carbons (Fsp3) is 0.741. The van der Waals surface area contributed by atoms with Crippen LogP contribution in [0.3, 0.4) is 0 Å². The molecule has 174 valence electrons. The molecule has 0 amide bonds. The van der Waals surface area contributed by atoms with Gasteiger partial charge < -0.3 is 9.47 Å². The molecule has 4 aliphatic carbocycles. The summed E-state index contributed by atoms with van der Waals surface area (Å²) >= 11 is 0. The summed E-state index contributed by atoms with van der Waals surface area (Å²) in [5.41, 5.74) is -1.00. The molecule has 3 unspecified atom stereocenters. The third kappa shape index (κ3) is 2.36. The average molecular weight is 441 g/mol. The number of esters is 1. The summed E-state index contributed by atoms with van der Waals surface area (Å²) in [6.07, 6.45) is 9.12. The summed E-state index contributed by atoms with van der Waals surface area (Å²) in [5, 5.41) is 0.